The van der Waals surface area contributed by atoms with Crippen molar-refractivity contribution in [3.63, 3.8) is 0 Å². The molecule has 1 rings (SSSR count). The molecule has 6 nitrogen and oxygen atoms in total. The Labute approximate surface area is 121 Å². The topological polar surface area (TPSA) is 99.5 Å². The smallest absolute Gasteiger partial charge is 0.337 e. The minimum absolute atomic E-state index is 0.0631. The number of carboxylic acids is 1. The number of nitrogens with one attached hydrogen (secondary N) is 1. The van der Waals surface area contributed by atoms with Gasteiger partial charge in [-0.2, -0.15) is 0 Å². The zero-order valence-corrected chi connectivity index (χ0v) is 12.9. The van der Waals surface area contributed by atoms with Gasteiger partial charge in [-0.15, -0.1) is 11.3 Å². The summed E-state index contributed by atoms with van der Waals surface area (Å²) >= 11 is 1.49. The highest BCUT2D eigenvalue weighted by molar-refractivity contribution is 7.09. The Morgan fingerprint density at radius 3 is 2.40 bits per heavy atom. The van der Waals surface area contributed by atoms with Crippen molar-refractivity contribution < 1.29 is 19.8 Å². The largest absolute Gasteiger partial charge is 0.479 e. The molecule has 20 heavy (non-hydrogen) atoms. The van der Waals surface area contributed by atoms with Crippen molar-refractivity contribution in [3.8, 4) is 0 Å². The van der Waals surface area contributed by atoms with E-state index in [1.165, 1.54) is 11.3 Å². The van der Waals surface area contributed by atoms with Crippen molar-refractivity contribution in [2.45, 2.75) is 45.1 Å². The van der Waals surface area contributed by atoms with Crippen LogP contribution in [0.2, 0.25) is 0 Å². The molecule has 0 spiro atoms. The van der Waals surface area contributed by atoms with E-state index < -0.39 is 11.6 Å². The monoisotopic (exact) mass is 300 g/mol. The van der Waals surface area contributed by atoms with Gasteiger partial charge in [0.1, 0.15) is 0 Å². The maximum atomic E-state index is 11.7. The fourth-order valence-corrected chi connectivity index (χ4v) is 2.21. The third-order valence-electron chi connectivity index (χ3n) is 2.63. The summed E-state index contributed by atoms with van der Waals surface area (Å²) in [6, 6.07) is 0. The lowest BCUT2D eigenvalue weighted by Crippen LogP contribution is -2.46. The number of aliphatic carboxylic acids is 1. The molecule has 1 aromatic rings. The number of carbonyl (C=O) groups excluding carboxylic acids is 1. The number of hydrogen-bond acceptors (Lipinski definition) is 5. The quantitative estimate of drug-likeness (QED) is 0.751. The lowest BCUT2D eigenvalue weighted by atomic mass is 9.98. The predicted octanol–water partition coefficient (Wildman–Crippen LogP) is 0.935. The average Bonchev–Trinajstić information content (AvgIpc) is 2.74. The first-order valence-corrected chi connectivity index (χ1v) is 7.08. The molecule has 0 saturated heterocycles. The molecule has 0 aliphatic heterocycles. The molecule has 1 atom stereocenters. The zero-order chi connectivity index (χ0) is 15.6. The van der Waals surface area contributed by atoms with Crippen molar-refractivity contribution in [3.05, 3.63) is 16.1 Å². The molecule has 0 saturated carbocycles. The average molecular weight is 300 g/mol. The van der Waals surface area contributed by atoms with Crippen LogP contribution in [0.1, 0.15) is 38.4 Å². The predicted molar refractivity (Wildman–Crippen MR) is 75.8 cm³/mol. The summed E-state index contributed by atoms with van der Waals surface area (Å²) < 4.78 is 0. The van der Waals surface area contributed by atoms with Crippen LogP contribution in [-0.4, -0.2) is 39.2 Å². The number of aliphatic hydroxyl groups is 1. The normalized spacial score (nSPS) is 14.7. The van der Waals surface area contributed by atoms with Gasteiger partial charge in [0.05, 0.1) is 23.7 Å². The van der Waals surface area contributed by atoms with Crippen molar-refractivity contribution in [1.29, 1.82) is 0 Å². The van der Waals surface area contributed by atoms with Gasteiger partial charge in [0.2, 0.25) is 5.91 Å². The third kappa shape index (κ3) is 4.57. The molecule has 7 heteroatoms. The molecule has 112 valence electrons. The van der Waals surface area contributed by atoms with Gasteiger partial charge < -0.3 is 15.5 Å². The molecule has 1 aromatic heterocycles. The van der Waals surface area contributed by atoms with E-state index >= 15 is 0 Å². The first-order chi connectivity index (χ1) is 9.02. The number of thiazole rings is 1. The molecule has 1 unspecified atom stereocenters. The van der Waals surface area contributed by atoms with Gasteiger partial charge in [-0.3, -0.25) is 4.79 Å². The molecule has 1 heterocycles. The SMILES string of the molecule is CC(O)(CNC(=O)Cc1csc(C(C)(C)C)n1)C(=O)O. The summed E-state index contributed by atoms with van der Waals surface area (Å²) in [6.07, 6.45) is 0.0717. The summed E-state index contributed by atoms with van der Waals surface area (Å²) in [5, 5.41) is 23.4. The van der Waals surface area contributed by atoms with Crippen LogP contribution in [0.4, 0.5) is 0 Å². The van der Waals surface area contributed by atoms with Gasteiger partial charge in [0.25, 0.3) is 0 Å². The van der Waals surface area contributed by atoms with Gasteiger partial charge in [-0.1, -0.05) is 20.8 Å². The summed E-state index contributed by atoms with van der Waals surface area (Å²) in [5.74, 6) is -1.74. The highest BCUT2D eigenvalue weighted by Gasteiger charge is 2.30. The number of aromatic nitrogens is 1. The number of amides is 1. The van der Waals surface area contributed by atoms with Crippen molar-refractivity contribution in [2.24, 2.45) is 0 Å². The molecule has 0 aliphatic carbocycles. The molecule has 0 bridgehead atoms. The molecule has 0 aliphatic rings. The van der Waals surface area contributed by atoms with Crippen LogP contribution in [0, 0.1) is 0 Å². The molecular formula is C13H20N2O4S. The number of carbonyl (C=O) groups is 2. The van der Waals surface area contributed by atoms with E-state index in [1.54, 1.807) is 0 Å². The van der Waals surface area contributed by atoms with Crippen molar-refractivity contribution >= 4 is 23.2 Å². The van der Waals surface area contributed by atoms with E-state index in [9.17, 15) is 14.7 Å². The zero-order valence-electron chi connectivity index (χ0n) is 12.1. The van der Waals surface area contributed by atoms with Crippen LogP contribution < -0.4 is 5.32 Å². The van der Waals surface area contributed by atoms with Crippen LogP contribution in [0.25, 0.3) is 0 Å². The van der Waals surface area contributed by atoms with Gasteiger partial charge in [-0.05, 0) is 6.92 Å². The van der Waals surface area contributed by atoms with Crippen LogP contribution >= 0.6 is 11.3 Å². The second kappa shape index (κ2) is 5.88. The van der Waals surface area contributed by atoms with Crippen LogP contribution in [-0.2, 0) is 21.4 Å². The highest BCUT2D eigenvalue weighted by atomic mass is 32.1. The Morgan fingerprint density at radius 2 is 1.95 bits per heavy atom. The van der Waals surface area contributed by atoms with E-state index in [4.69, 9.17) is 5.11 Å². The van der Waals surface area contributed by atoms with Crippen LogP contribution in [0.5, 0.6) is 0 Å². The minimum atomic E-state index is -1.96. The lowest BCUT2D eigenvalue weighted by molar-refractivity contribution is -0.156. The standard InChI is InChI=1S/C13H20N2O4S/c1-12(2,3)10-15-8(6-20-10)5-9(16)14-7-13(4,19)11(17)18/h6,19H,5,7H2,1-4H3,(H,14,16)(H,17,18). The van der Waals surface area contributed by atoms with Gasteiger partial charge in [0, 0.05) is 10.8 Å². The van der Waals surface area contributed by atoms with Gasteiger partial charge in [-0.25, -0.2) is 9.78 Å². The summed E-state index contributed by atoms with van der Waals surface area (Å²) in [6.45, 7) is 6.92. The molecule has 0 radical (unpaired) electrons. The number of hydrogen-bond donors (Lipinski definition) is 3. The fraction of sp³-hybridized carbons (Fsp3) is 0.615. The maximum absolute atomic E-state index is 11.7. The fourth-order valence-electron chi connectivity index (χ4n) is 1.31. The number of rotatable bonds is 5. The van der Waals surface area contributed by atoms with E-state index in [2.05, 4.69) is 10.3 Å². The molecular weight excluding hydrogens is 280 g/mol. The number of carboxylic acid groups (broad SMARTS) is 1. The van der Waals surface area contributed by atoms with E-state index in [-0.39, 0.29) is 24.3 Å². The Bertz CT molecular complexity index is 503. The third-order valence-corrected chi connectivity index (χ3v) is 3.94. The molecule has 0 fully saturated rings. The van der Waals surface area contributed by atoms with E-state index in [0.29, 0.717) is 5.69 Å². The number of nitrogens with zero attached hydrogens (tertiary/aromatic N) is 1. The second-order valence-electron chi connectivity index (χ2n) is 5.93. The minimum Gasteiger partial charge on any atom is -0.479 e. The molecule has 0 aromatic carbocycles. The molecule has 3 N–H and O–H groups in total. The van der Waals surface area contributed by atoms with Gasteiger partial charge >= 0.3 is 5.97 Å². The lowest BCUT2D eigenvalue weighted by Gasteiger charge is -2.18. The summed E-state index contributed by atoms with van der Waals surface area (Å²) in [4.78, 5) is 26.8. The van der Waals surface area contributed by atoms with Crippen LogP contribution in [0.3, 0.4) is 0 Å². The second-order valence-corrected chi connectivity index (χ2v) is 6.78. The first kappa shape index (κ1) is 16.6. The Morgan fingerprint density at radius 1 is 1.35 bits per heavy atom. The molecule has 1 amide bonds. The highest BCUT2D eigenvalue weighted by Crippen LogP contribution is 2.25. The van der Waals surface area contributed by atoms with E-state index in [1.807, 2.05) is 26.2 Å². The summed E-state index contributed by atoms with van der Waals surface area (Å²) in [5.41, 5.74) is -1.38. The van der Waals surface area contributed by atoms with Gasteiger partial charge in [0.15, 0.2) is 5.60 Å². The Kier molecular flexibility index (Phi) is 4.88. The maximum Gasteiger partial charge on any atom is 0.337 e. The first-order valence-electron chi connectivity index (χ1n) is 6.20. The summed E-state index contributed by atoms with van der Waals surface area (Å²) in [7, 11) is 0. The van der Waals surface area contributed by atoms with E-state index in [0.717, 1.165) is 11.9 Å². The van der Waals surface area contributed by atoms with Crippen LogP contribution in [0.15, 0.2) is 5.38 Å². The Balaban J connectivity index is 2.55. The van der Waals surface area contributed by atoms with Crippen molar-refractivity contribution in [1.82, 2.24) is 10.3 Å². The Hall–Kier alpha value is -1.47. The van der Waals surface area contributed by atoms with Crippen molar-refractivity contribution in [2.75, 3.05) is 6.54 Å².